The maximum absolute atomic E-state index is 12.2. The summed E-state index contributed by atoms with van der Waals surface area (Å²) in [4.78, 5) is 31.6. The molecule has 0 aliphatic heterocycles. The zero-order chi connectivity index (χ0) is 15.9. The van der Waals surface area contributed by atoms with Gasteiger partial charge in [0.05, 0.1) is 6.54 Å². The van der Waals surface area contributed by atoms with E-state index in [9.17, 15) is 9.59 Å². The molecule has 118 valence electrons. The van der Waals surface area contributed by atoms with E-state index in [4.69, 9.17) is 4.42 Å². The molecule has 2 rings (SSSR count). The summed E-state index contributed by atoms with van der Waals surface area (Å²) in [6.45, 7) is 1.55. The summed E-state index contributed by atoms with van der Waals surface area (Å²) in [6, 6.07) is 2.97. The number of pyridine rings is 1. The van der Waals surface area contributed by atoms with Gasteiger partial charge in [0.25, 0.3) is 0 Å². The summed E-state index contributed by atoms with van der Waals surface area (Å²) in [5, 5.41) is 5.38. The zero-order valence-electron chi connectivity index (χ0n) is 12.5. The Hall–Kier alpha value is -2.09. The molecule has 0 spiro atoms. The zero-order valence-corrected chi connectivity index (χ0v) is 13.3. The van der Waals surface area contributed by atoms with Crippen LogP contribution in [-0.4, -0.2) is 39.8 Å². The van der Waals surface area contributed by atoms with Gasteiger partial charge in [-0.3, -0.25) is 9.59 Å². The van der Waals surface area contributed by atoms with Gasteiger partial charge < -0.3 is 15.1 Å². The fraction of sp³-hybridized carbons (Fsp3) is 0.429. The van der Waals surface area contributed by atoms with Crippen LogP contribution in [0.15, 0.2) is 22.7 Å². The van der Waals surface area contributed by atoms with Crippen molar-refractivity contribution in [2.24, 2.45) is 0 Å². The molecule has 0 unspecified atom stereocenters. The molecule has 8 heteroatoms. The molecule has 22 heavy (non-hydrogen) atoms. The number of aromatic nitrogens is 2. The first-order valence-electron chi connectivity index (χ1n) is 6.84. The van der Waals surface area contributed by atoms with Crippen molar-refractivity contribution in [2.75, 3.05) is 12.0 Å². The highest BCUT2D eigenvalue weighted by atomic mass is 32.2. The Morgan fingerprint density at radius 3 is 2.95 bits per heavy atom. The Bertz CT molecular complexity index is 625. The number of nitrogens with one attached hydrogen (secondary N) is 2. The van der Waals surface area contributed by atoms with E-state index in [0.717, 1.165) is 5.75 Å². The average molecular weight is 322 g/mol. The van der Waals surface area contributed by atoms with Crippen molar-refractivity contribution in [1.82, 2.24) is 20.6 Å². The molecule has 2 aromatic heterocycles. The van der Waals surface area contributed by atoms with Crippen molar-refractivity contribution < 1.29 is 14.0 Å². The van der Waals surface area contributed by atoms with E-state index in [-0.39, 0.29) is 18.4 Å². The molecule has 2 heterocycles. The van der Waals surface area contributed by atoms with Gasteiger partial charge in [0.1, 0.15) is 6.04 Å². The van der Waals surface area contributed by atoms with E-state index in [2.05, 4.69) is 20.6 Å². The smallest absolute Gasteiger partial charge is 0.243 e. The van der Waals surface area contributed by atoms with Crippen LogP contribution in [0.25, 0.3) is 11.2 Å². The lowest BCUT2D eigenvalue weighted by molar-refractivity contribution is -0.128. The third-order valence-corrected chi connectivity index (χ3v) is 3.57. The van der Waals surface area contributed by atoms with E-state index in [1.807, 2.05) is 6.26 Å². The monoisotopic (exact) mass is 322 g/mol. The van der Waals surface area contributed by atoms with E-state index < -0.39 is 6.04 Å². The van der Waals surface area contributed by atoms with Crippen LogP contribution in [-0.2, 0) is 16.1 Å². The number of carbonyl (C=O) groups excluding carboxylic acids is 2. The fourth-order valence-corrected chi connectivity index (χ4v) is 2.40. The van der Waals surface area contributed by atoms with Gasteiger partial charge in [0, 0.05) is 13.1 Å². The first-order chi connectivity index (χ1) is 10.6. The molecule has 0 radical (unpaired) electrons. The summed E-state index contributed by atoms with van der Waals surface area (Å²) in [7, 11) is 0. The van der Waals surface area contributed by atoms with E-state index in [1.165, 1.54) is 6.92 Å². The van der Waals surface area contributed by atoms with Crippen LogP contribution in [0.3, 0.4) is 0 Å². The van der Waals surface area contributed by atoms with Crippen LogP contribution in [0.4, 0.5) is 0 Å². The van der Waals surface area contributed by atoms with Crippen LogP contribution in [0.1, 0.15) is 19.2 Å². The number of amides is 2. The van der Waals surface area contributed by atoms with Gasteiger partial charge in [-0.15, -0.1) is 0 Å². The molecule has 2 amide bonds. The number of thioether (sulfide) groups is 1. The molecule has 2 N–H and O–H groups in total. The predicted molar refractivity (Wildman–Crippen MR) is 84.3 cm³/mol. The van der Waals surface area contributed by atoms with Crippen LogP contribution in [0, 0.1) is 0 Å². The summed E-state index contributed by atoms with van der Waals surface area (Å²) in [5.74, 6) is 0.686. The lowest BCUT2D eigenvalue weighted by atomic mass is 10.2. The highest BCUT2D eigenvalue weighted by Gasteiger charge is 2.19. The summed E-state index contributed by atoms with van der Waals surface area (Å²) in [5.41, 5.74) is 1.08. The average Bonchev–Trinajstić information content (AvgIpc) is 2.91. The van der Waals surface area contributed by atoms with Gasteiger partial charge in [-0.25, -0.2) is 4.98 Å². The molecule has 0 bridgehead atoms. The quantitative estimate of drug-likeness (QED) is 0.792. The minimum atomic E-state index is -0.549. The molecular weight excluding hydrogens is 304 g/mol. The molecule has 0 saturated carbocycles. The van der Waals surface area contributed by atoms with Gasteiger partial charge in [-0.1, -0.05) is 0 Å². The number of oxazole rings is 1. The Balaban J connectivity index is 1.95. The number of carbonyl (C=O) groups is 2. The molecule has 1 atom stereocenters. The lowest BCUT2D eigenvalue weighted by Gasteiger charge is -2.16. The molecule has 0 saturated heterocycles. The van der Waals surface area contributed by atoms with Crippen molar-refractivity contribution in [1.29, 1.82) is 0 Å². The number of rotatable bonds is 7. The molecule has 7 nitrogen and oxygen atoms in total. The third-order valence-electron chi connectivity index (χ3n) is 2.93. The van der Waals surface area contributed by atoms with Gasteiger partial charge in [0.15, 0.2) is 11.2 Å². The van der Waals surface area contributed by atoms with E-state index in [1.54, 1.807) is 30.1 Å². The van der Waals surface area contributed by atoms with Crippen molar-refractivity contribution >= 4 is 34.8 Å². The molecule has 2 aromatic rings. The number of nitrogens with zero attached hydrogens (tertiary/aromatic N) is 2. The van der Waals surface area contributed by atoms with E-state index in [0.29, 0.717) is 23.5 Å². The Kier molecular flexibility index (Phi) is 5.76. The third kappa shape index (κ3) is 4.45. The second-order valence-corrected chi connectivity index (χ2v) is 5.67. The summed E-state index contributed by atoms with van der Waals surface area (Å²) >= 11 is 1.62. The Morgan fingerprint density at radius 1 is 1.45 bits per heavy atom. The molecule has 0 fully saturated rings. The maximum atomic E-state index is 12.2. The first-order valence-corrected chi connectivity index (χ1v) is 8.23. The second-order valence-electron chi connectivity index (χ2n) is 4.69. The summed E-state index contributed by atoms with van der Waals surface area (Å²) < 4.78 is 5.48. The Morgan fingerprint density at radius 2 is 2.27 bits per heavy atom. The Labute approximate surface area is 132 Å². The normalized spacial score (nSPS) is 12.1. The minimum absolute atomic E-state index is 0.157. The highest BCUT2D eigenvalue weighted by molar-refractivity contribution is 7.98. The molecule has 0 aliphatic carbocycles. The maximum Gasteiger partial charge on any atom is 0.243 e. The number of hydrogen-bond donors (Lipinski definition) is 2. The van der Waals surface area contributed by atoms with Crippen LogP contribution in [0.2, 0.25) is 0 Å². The largest absolute Gasteiger partial charge is 0.437 e. The van der Waals surface area contributed by atoms with Crippen LogP contribution >= 0.6 is 11.8 Å². The SMILES string of the molecule is CSCC[C@H](NC(C)=O)C(=O)NCc1nc2ncccc2o1. The topological polar surface area (TPSA) is 97.1 Å². The highest BCUT2D eigenvalue weighted by Crippen LogP contribution is 2.12. The number of hydrogen-bond acceptors (Lipinski definition) is 6. The van der Waals surface area contributed by atoms with Crippen molar-refractivity contribution in [3.8, 4) is 0 Å². The van der Waals surface area contributed by atoms with Gasteiger partial charge in [-0.05, 0) is 30.6 Å². The van der Waals surface area contributed by atoms with Crippen LogP contribution in [0.5, 0.6) is 0 Å². The van der Waals surface area contributed by atoms with Crippen molar-refractivity contribution in [3.63, 3.8) is 0 Å². The van der Waals surface area contributed by atoms with E-state index >= 15 is 0 Å². The van der Waals surface area contributed by atoms with Gasteiger partial charge in [0.2, 0.25) is 17.7 Å². The van der Waals surface area contributed by atoms with Gasteiger partial charge in [-0.2, -0.15) is 16.7 Å². The fourth-order valence-electron chi connectivity index (χ4n) is 1.93. The molecular formula is C14H18N4O3S. The minimum Gasteiger partial charge on any atom is -0.437 e. The number of fused-ring (bicyclic) bond motifs is 1. The summed E-state index contributed by atoms with van der Waals surface area (Å²) in [6.07, 6.45) is 4.15. The van der Waals surface area contributed by atoms with Crippen molar-refractivity contribution in [2.45, 2.75) is 25.9 Å². The second kappa shape index (κ2) is 7.79. The molecule has 0 aromatic carbocycles. The molecule has 0 aliphatic rings. The standard InChI is InChI=1S/C14H18N4O3S/c1-9(19)17-10(5-7-22-2)14(20)16-8-12-18-13-11(21-12)4-3-6-15-13/h3-4,6,10H,5,7-8H2,1-2H3,(H,16,20)(H,17,19)/t10-/m0/s1. The van der Waals surface area contributed by atoms with Gasteiger partial charge >= 0.3 is 0 Å². The van der Waals surface area contributed by atoms with Crippen LogP contribution < -0.4 is 10.6 Å². The lowest BCUT2D eigenvalue weighted by Crippen LogP contribution is -2.46. The van der Waals surface area contributed by atoms with Crippen molar-refractivity contribution in [3.05, 3.63) is 24.2 Å². The first kappa shape index (κ1) is 16.3. The predicted octanol–water partition coefficient (Wildman–Crippen LogP) is 1.10.